The summed E-state index contributed by atoms with van der Waals surface area (Å²) in [5.41, 5.74) is 2.41. The van der Waals surface area contributed by atoms with Crippen LogP contribution in [-0.4, -0.2) is 10.5 Å². The van der Waals surface area contributed by atoms with E-state index in [-0.39, 0.29) is 11.4 Å². The zero-order valence-electron chi connectivity index (χ0n) is 15.0. The minimum atomic E-state index is -4.49. The summed E-state index contributed by atoms with van der Waals surface area (Å²) in [4.78, 5) is 12.5. The number of halogens is 3. The van der Waals surface area contributed by atoms with Gasteiger partial charge in [-0.05, 0) is 23.3 Å². The molecule has 2 nitrogen and oxygen atoms in total. The number of hydrogen-bond donors (Lipinski definition) is 0. The van der Waals surface area contributed by atoms with Crippen LogP contribution in [0.15, 0.2) is 78.9 Å². The molecular formula is C23H16F3NO. The second kappa shape index (κ2) is 6.68. The van der Waals surface area contributed by atoms with E-state index in [4.69, 9.17) is 0 Å². The van der Waals surface area contributed by atoms with Gasteiger partial charge in [-0.1, -0.05) is 66.7 Å². The third kappa shape index (κ3) is 2.99. The smallest absolute Gasteiger partial charge is 0.279 e. The van der Waals surface area contributed by atoms with Crippen LogP contribution in [0.4, 0.5) is 13.2 Å². The fraction of sp³-hybridized carbons (Fsp3) is 0.0870. The molecule has 5 heteroatoms. The summed E-state index contributed by atoms with van der Waals surface area (Å²) in [7, 11) is 0. The van der Waals surface area contributed by atoms with Crippen molar-refractivity contribution < 1.29 is 18.0 Å². The van der Waals surface area contributed by atoms with Gasteiger partial charge in [-0.15, -0.1) is 0 Å². The van der Waals surface area contributed by atoms with E-state index < -0.39 is 11.7 Å². The Labute approximate surface area is 159 Å². The summed E-state index contributed by atoms with van der Waals surface area (Å²) in [6.07, 6.45) is -4.49. The van der Waals surface area contributed by atoms with Crippen LogP contribution in [0.2, 0.25) is 0 Å². The van der Waals surface area contributed by atoms with Crippen molar-refractivity contribution >= 4 is 16.8 Å². The van der Waals surface area contributed by atoms with Crippen molar-refractivity contribution in [3.8, 4) is 22.4 Å². The molecule has 0 aliphatic heterocycles. The minimum absolute atomic E-state index is 0.250. The van der Waals surface area contributed by atoms with Gasteiger partial charge in [0.1, 0.15) is 0 Å². The second-order valence-electron chi connectivity index (χ2n) is 6.54. The molecule has 0 N–H and O–H groups in total. The van der Waals surface area contributed by atoms with Crippen LogP contribution in [0, 0.1) is 0 Å². The predicted molar refractivity (Wildman–Crippen MR) is 104 cm³/mol. The number of rotatable bonds is 2. The summed E-state index contributed by atoms with van der Waals surface area (Å²) in [6, 6.07) is 22.2. The summed E-state index contributed by atoms with van der Waals surface area (Å²) in [5, 5.41) is 0.605. The van der Waals surface area contributed by atoms with Gasteiger partial charge in [0, 0.05) is 17.9 Å². The lowest BCUT2D eigenvalue weighted by Crippen LogP contribution is -2.09. The summed E-state index contributed by atoms with van der Waals surface area (Å²) >= 11 is 0. The van der Waals surface area contributed by atoms with Crippen molar-refractivity contribution in [2.24, 2.45) is 0 Å². The normalized spacial score (nSPS) is 11.7. The van der Waals surface area contributed by atoms with E-state index in [1.54, 1.807) is 0 Å². The first-order valence-corrected chi connectivity index (χ1v) is 8.75. The van der Waals surface area contributed by atoms with E-state index in [9.17, 15) is 18.0 Å². The molecule has 1 aromatic heterocycles. The Morgan fingerprint density at radius 1 is 0.821 bits per heavy atom. The highest BCUT2D eigenvalue weighted by Gasteiger charge is 2.32. The van der Waals surface area contributed by atoms with Crippen molar-refractivity contribution in [1.29, 1.82) is 0 Å². The molecule has 0 fully saturated rings. The molecule has 0 amide bonds. The Balaban J connectivity index is 2.18. The molecule has 0 aliphatic rings. The van der Waals surface area contributed by atoms with Crippen molar-refractivity contribution in [1.82, 2.24) is 4.57 Å². The number of aromatic nitrogens is 1. The van der Waals surface area contributed by atoms with Crippen LogP contribution in [0.1, 0.15) is 17.3 Å². The van der Waals surface area contributed by atoms with Gasteiger partial charge in [0.25, 0.3) is 0 Å². The van der Waals surface area contributed by atoms with E-state index in [0.29, 0.717) is 11.1 Å². The Morgan fingerprint density at radius 3 is 1.93 bits per heavy atom. The maximum atomic E-state index is 13.3. The number of hydrogen-bond acceptors (Lipinski definition) is 1. The maximum absolute atomic E-state index is 13.3. The van der Waals surface area contributed by atoms with Crippen molar-refractivity contribution in [2.45, 2.75) is 13.1 Å². The molecule has 0 spiro atoms. The van der Waals surface area contributed by atoms with Gasteiger partial charge in [-0.25, -0.2) is 0 Å². The van der Waals surface area contributed by atoms with Gasteiger partial charge >= 0.3 is 6.18 Å². The molecule has 0 aliphatic carbocycles. The molecule has 0 radical (unpaired) electrons. The Bertz CT molecular complexity index is 1160. The lowest BCUT2D eigenvalue weighted by Gasteiger charge is -2.10. The first-order chi connectivity index (χ1) is 13.4. The molecule has 0 atom stereocenters. The largest absolute Gasteiger partial charge is 0.416 e. The number of carbonyl (C=O) groups is 1. The van der Waals surface area contributed by atoms with Gasteiger partial charge in [-0.3, -0.25) is 9.36 Å². The van der Waals surface area contributed by atoms with Crippen molar-refractivity contribution in [3.63, 3.8) is 0 Å². The molecule has 0 unspecified atom stereocenters. The highest BCUT2D eigenvalue weighted by molar-refractivity contribution is 6.09. The molecular weight excluding hydrogens is 363 g/mol. The highest BCUT2D eigenvalue weighted by Crippen LogP contribution is 2.42. The number of alkyl halides is 3. The molecule has 0 saturated heterocycles. The first-order valence-electron chi connectivity index (χ1n) is 8.75. The summed E-state index contributed by atoms with van der Waals surface area (Å²) in [6.45, 7) is 1.36. The molecule has 3 aromatic carbocycles. The van der Waals surface area contributed by atoms with E-state index in [0.717, 1.165) is 28.8 Å². The standard InChI is InChI=1S/C23H16F3NO/c1-15(28)27-20-14-18(23(24,25)26)12-13-19(20)21(16-8-4-2-5-9-16)22(27)17-10-6-3-7-11-17/h2-14H,1H3. The number of carbonyl (C=O) groups excluding carboxylic acids is 1. The van der Waals surface area contributed by atoms with Crippen molar-refractivity contribution in [2.75, 3.05) is 0 Å². The van der Waals surface area contributed by atoms with E-state index in [1.165, 1.54) is 17.6 Å². The monoisotopic (exact) mass is 379 g/mol. The molecule has 0 saturated carbocycles. The van der Waals surface area contributed by atoms with Gasteiger partial charge in [0.2, 0.25) is 5.91 Å². The van der Waals surface area contributed by atoms with Crippen molar-refractivity contribution in [3.05, 3.63) is 84.4 Å². The van der Waals surface area contributed by atoms with E-state index in [2.05, 4.69) is 0 Å². The molecule has 4 rings (SSSR count). The first kappa shape index (κ1) is 18.0. The maximum Gasteiger partial charge on any atom is 0.416 e. The molecule has 4 aromatic rings. The topological polar surface area (TPSA) is 22.0 Å². The molecule has 0 bridgehead atoms. The van der Waals surface area contributed by atoms with Gasteiger partial charge in [0.15, 0.2) is 0 Å². The highest BCUT2D eigenvalue weighted by atomic mass is 19.4. The number of nitrogens with zero attached hydrogens (tertiary/aromatic N) is 1. The van der Waals surface area contributed by atoms with Gasteiger partial charge < -0.3 is 0 Å². The van der Waals surface area contributed by atoms with E-state index in [1.807, 2.05) is 60.7 Å². The lowest BCUT2D eigenvalue weighted by molar-refractivity contribution is -0.137. The second-order valence-corrected chi connectivity index (χ2v) is 6.54. The summed E-state index contributed by atoms with van der Waals surface area (Å²) < 4.78 is 41.3. The van der Waals surface area contributed by atoms with Crippen LogP contribution in [0.25, 0.3) is 33.3 Å². The minimum Gasteiger partial charge on any atom is -0.279 e. The third-order valence-electron chi connectivity index (χ3n) is 4.72. The van der Waals surface area contributed by atoms with Crippen LogP contribution < -0.4 is 0 Å². The number of benzene rings is 3. The average molecular weight is 379 g/mol. The Kier molecular flexibility index (Phi) is 4.30. The van der Waals surface area contributed by atoms with Crippen LogP contribution in [0.5, 0.6) is 0 Å². The molecule has 140 valence electrons. The fourth-order valence-electron chi connectivity index (χ4n) is 3.56. The predicted octanol–water partition coefficient (Wildman–Crippen LogP) is 6.65. The summed E-state index contributed by atoms with van der Waals surface area (Å²) in [5.74, 6) is -0.342. The molecule has 1 heterocycles. The van der Waals surface area contributed by atoms with Gasteiger partial charge in [-0.2, -0.15) is 13.2 Å². The van der Waals surface area contributed by atoms with E-state index >= 15 is 0 Å². The van der Waals surface area contributed by atoms with Crippen LogP contribution in [0.3, 0.4) is 0 Å². The molecule has 28 heavy (non-hydrogen) atoms. The SMILES string of the molecule is CC(=O)n1c(-c2ccccc2)c(-c2ccccc2)c2ccc(C(F)(F)F)cc21. The number of fused-ring (bicyclic) bond motifs is 1. The van der Waals surface area contributed by atoms with Crippen LogP contribution >= 0.6 is 0 Å². The Hall–Kier alpha value is -3.34. The lowest BCUT2D eigenvalue weighted by atomic mass is 9.98. The third-order valence-corrected chi connectivity index (χ3v) is 4.72. The zero-order valence-corrected chi connectivity index (χ0v) is 15.0. The fourth-order valence-corrected chi connectivity index (χ4v) is 3.56. The Morgan fingerprint density at radius 2 is 1.39 bits per heavy atom. The van der Waals surface area contributed by atoms with Gasteiger partial charge in [0.05, 0.1) is 16.8 Å². The quantitative estimate of drug-likeness (QED) is 0.382. The average Bonchev–Trinajstić information content (AvgIpc) is 3.03. The van der Waals surface area contributed by atoms with Crippen LogP contribution in [-0.2, 0) is 6.18 Å². The zero-order chi connectivity index (χ0) is 19.9.